The Balaban J connectivity index is 2.63. The molecule has 1 heterocycles. The van der Waals surface area contributed by atoms with Crippen LogP contribution in [0.4, 0.5) is 0 Å². The number of rotatable bonds is 5. The standard InChI is InChI=1S/C14H18Cl2N2O2S/c1-14(2,21(3,19)20)9-18-12(7-8-15)17-11-6-4-5-10(16)13(11)18/h4-6H,7-9H2,1-3H3. The van der Waals surface area contributed by atoms with E-state index in [9.17, 15) is 8.42 Å². The van der Waals surface area contributed by atoms with Crippen LogP contribution in [0.1, 0.15) is 19.7 Å². The van der Waals surface area contributed by atoms with Gasteiger partial charge in [0.2, 0.25) is 0 Å². The second-order valence-electron chi connectivity index (χ2n) is 5.69. The van der Waals surface area contributed by atoms with Crippen molar-refractivity contribution in [1.82, 2.24) is 9.55 Å². The molecule has 2 rings (SSSR count). The summed E-state index contributed by atoms with van der Waals surface area (Å²) in [7, 11) is -3.22. The van der Waals surface area contributed by atoms with Crippen molar-refractivity contribution in [3.8, 4) is 0 Å². The number of halogens is 2. The first-order valence-electron chi connectivity index (χ1n) is 6.56. The van der Waals surface area contributed by atoms with Crippen molar-refractivity contribution < 1.29 is 8.42 Å². The van der Waals surface area contributed by atoms with E-state index in [1.807, 2.05) is 16.7 Å². The van der Waals surface area contributed by atoms with E-state index in [1.165, 1.54) is 6.26 Å². The van der Waals surface area contributed by atoms with Gasteiger partial charge in [0.1, 0.15) is 5.82 Å². The molecule has 4 nitrogen and oxygen atoms in total. The zero-order chi connectivity index (χ0) is 15.8. The van der Waals surface area contributed by atoms with Crippen LogP contribution in [0.3, 0.4) is 0 Å². The highest BCUT2D eigenvalue weighted by Gasteiger charge is 2.32. The maximum absolute atomic E-state index is 12.0. The van der Waals surface area contributed by atoms with Gasteiger partial charge >= 0.3 is 0 Å². The van der Waals surface area contributed by atoms with Gasteiger partial charge in [-0.25, -0.2) is 13.4 Å². The third kappa shape index (κ3) is 3.20. The van der Waals surface area contributed by atoms with Crippen LogP contribution in [0.15, 0.2) is 18.2 Å². The van der Waals surface area contributed by atoms with Gasteiger partial charge in [0.25, 0.3) is 0 Å². The number of nitrogens with zero attached hydrogens (tertiary/aromatic N) is 2. The van der Waals surface area contributed by atoms with Crippen LogP contribution in [-0.2, 0) is 22.8 Å². The Bertz CT molecular complexity index is 767. The fraction of sp³-hybridized carbons (Fsp3) is 0.500. The average Bonchev–Trinajstić information content (AvgIpc) is 2.67. The molecule has 0 aliphatic carbocycles. The molecule has 0 N–H and O–H groups in total. The van der Waals surface area contributed by atoms with E-state index < -0.39 is 14.6 Å². The fourth-order valence-corrected chi connectivity index (χ4v) is 2.94. The van der Waals surface area contributed by atoms with E-state index in [1.54, 1.807) is 19.9 Å². The molecule has 0 aliphatic rings. The molecule has 0 fully saturated rings. The Morgan fingerprint density at radius 3 is 2.57 bits per heavy atom. The molecular weight excluding hydrogens is 331 g/mol. The van der Waals surface area contributed by atoms with E-state index in [0.717, 1.165) is 16.9 Å². The van der Waals surface area contributed by atoms with Gasteiger partial charge in [0, 0.05) is 25.1 Å². The SMILES string of the molecule is CC(C)(Cn1c(CCCl)nc2cccc(Cl)c21)S(C)(=O)=O. The molecule has 2 aromatic rings. The highest BCUT2D eigenvalue weighted by Crippen LogP contribution is 2.28. The van der Waals surface area contributed by atoms with Gasteiger partial charge in [-0.15, -0.1) is 11.6 Å². The summed E-state index contributed by atoms with van der Waals surface area (Å²) >= 11 is 12.1. The fourth-order valence-electron chi connectivity index (χ4n) is 2.13. The molecule has 0 saturated carbocycles. The van der Waals surface area contributed by atoms with Crippen LogP contribution in [0, 0.1) is 0 Å². The molecule has 116 valence electrons. The quantitative estimate of drug-likeness (QED) is 0.779. The van der Waals surface area contributed by atoms with Gasteiger partial charge in [0.05, 0.1) is 20.8 Å². The number of aryl methyl sites for hydroxylation is 1. The van der Waals surface area contributed by atoms with Crippen LogP contribution in [0.2, 0.25) is 5.02 Å². The van der Waals surface area contributed by atoms with Crippen LogP contribution in [-0.4, -0.2) is 34.9 Å². The largest absolute Gasteiger partial charge is 0.325 e. The molecule has 21 heavy (non-hydrogen) atoms. The lowest BCUT2D eigenvalue weighted by molar-refractivity contribution is 0.501. The van der Waals surface area contributed by atoms with Crippen molar-refractivity contribution >= 4 is 44.1 Å². The first-order chi connectivity index (χ1) is 9.67. The summed E-state index contributed by atoms with van der Waals surface area (Å²) in [5, 5.41) is 0.560. The summed E-state index contributed by atoms with van der Waals surface area (Å²) in [6.07, 6.45) is 1.81. The molecular formula is C14H18Cl2N2O2S. The van der Waals surface area contributed by atoms with Crippen molar-refractivity contribution in [2.75, 3.05) is 12.1 Å². The number of sulfone groups is 1. The molecule has 0 atom stereocenters. The molecule has 0 bridgehead atoms. The first-order valence-corrected chi connectivity index (χ1v) is 9.37. The highest BCUT2D eigenvalue weighted by atomic mass is 35.5. The lowest BCUT2D eigenvalue weighted by Crippen LogP contribution is -2.36. The average molecular weight is 349 g/mol. The van der Waals surface area contributed by atoms with Gasteiger partial charge in [0.15, 0.2) is 9.84 Å². The van der Waals surface area contributed by atoms with Crippen molar-refractivity contribution in [2.24, 2.45) is 0 Å². The van der Waals surface area contributed by atoms with Crippen molar-refractivity contribution in [3.05, 3.63) is 29.0 Å². The Kier molecular flexibility index (Phi) is 4.57. The van der Waals surface area contributed by atoms with Gasteiger partial charge in [-0.1, -0.05) is 17.7 Å². The number of aromatic nitrogens is 2. The minimum absolute atomic E-state index is 0.290. The van der Waals surface area contributed by atoms with E-state index >= 15 is 0 Å². The predicted octanol–water partition coefficient (Wildman–Crippen LogP) is 3.29. The smallest absolute Gasteiger partial charge is 0.154 e. The number of hydrogen-bond donors (Lipinski definition) is 0. The Morgan fingerprint density at radius 2 is 2.00 bits per heavy atom. The minimum atomic E-state index is -3.22. The highest BCUT2D eigenvalue weighted by molar-refractivity contribution is 7.92. The summed E-state index contributed by atoms with van der Waals surface area (Å²) in [5.41, 5.74) is 1.52. The zero-order valence-corrected chi connectivity index (χ0v) is 14.6. The molecule has 1 aromatic heterocycles. The molecule has 0 aliphatic heterocycles. The third-order valence-electron chi connectivity index (χ3n) is 3.66. The molecule has 0 spiro atoms. The van der Waals surface area contributed by atoms with E-state index in [0.29, 0.717) is 17.3 Å². The number of para-hydroxylation sites is 1. The first kappa shape index (κ1) is 16.6. The van der Waals surface area contributed by atoms with Gasteiger partial charge in [-0.2, -0.15) is 0 Å². The normalized spacial score (nSPS) is 13.0. The topological polar surface area (TPSA) is 52.0 Å². The number of benzene rings is 1. The Hall–Kier alpha value is -0.780. The zero-order valence-electron chi connectivity index (χ0n) is 12.2. The summed E-state index contributed by atoms with van der Waals surface area (Å²) in [6, 6.07) is 5.47. The maximum atomic E-state index is 12.0. The van der Waals surface area contributed by atoms with E-state index in [4.69, 9.17) is 23.2 Å². The second-order valence-corrected chi connectivity index (χ2v) is 9.13. The van der Waals surface area contributed by atoms with E-state index in [-0.39, 0.29) is 6.54 Å². The Labute approximate surface area is 135 Å². The van der Waals surface area contributed by atoms with Crippen molar-refractivity contribution in [3.63, 3.8) is 0 Å². The monoisotopic (exact) mass is 348 g/mol. The molecule has 7 heteroatoms. The van der Waals surface area contributed by atoms with E-state index in [2.05, 4.69) is 4.98 Å². The summed E-state index contributed by atoms with van der Waals surface area (Å²) in [5.74, 6) is 1.17. The lowest BCUT2D eigenvalue weighted by Gasteiger charge is -2.24. The maximum Gasteiger partial charge on any atom is 0.154 e. The lowest BCUT2D eigenvalue weighted by atomic mass is 10.2. The number of alkyl halides is 1. The third-order valence-corrected chi connectivity index (χ3v) is 6.29. The van der Waals surface area contributed by atoms with Crippen molar-refractivity contribution in [1.29, 1.82) is 0 Å². The number of fused-ring (bicyclic) bond motifs is 1. The molecule has 0 unspecified atom stereocenters. The molecule has 0 saturated heterocycles. The second kappa shape index (κ2) is 5.78. The minimum Gasteiger partial charge on any atom is -0.325 e. The summed E-state index contributed by atoms with van der Waals surface area (Å²) in [6.45, 7) is 3.70. The Morgan fingerprint density at radius 1 is 1.33 bits per heavy atom. The molecule has 0 amide bonds. The number of imidazole rings is 1. The van der Waals surface area contributed by atoms with Crippen LogP contribution >= 0.6 is 23.2 Å². The van der Waals surface area contributed by atoms with Gasteiger partial charge < -0.3 is 4.57 Å². The van der Waals surface area contributed by atoms with Gasteiger partial charge in [-0.3, -0.25) is 0 Å². The number of hydrogen-bond acceptors (Lipinski definition) is 3. The van der Waals surface area contributed by atoms with Crippen molar-refractivity contribution in [2.45, 2.75) is 31.6 Å². The van der Waals surface area contributed by atoms with Crippen LogP contribution in [0.25, 0.3) is 11.0 Å². The van der Waals surface area contributed by atoms with Gasteiger partial charge in [-0.05, 0) is 26.0 Å². The van der Waals surface area contributed by atoms with Crippen LogP contribution in [0.5, 0.6) is 0 Å². The summed E-state index contributed by atoms with van der Waals surface area (Å²) < 4.78 is 24.9. The van der Waals surface area contributed by atoms with Crippen LogP contribution < -0.4 is 0 Å². The molecule has 1 aromatic carbocycles. The summed E-state index contributed by atoms with van der Waals surface area (Å²) in [4.78, 5) is 4.53. The predicted molar refractivity (Wildman–Crippen MR) is 88.1 cm³/mol. The molecule has 0 radical (unpaired) electrons.